The zero-order valence-corrected chi connectivity index (χ0v) is 13.2. The first-order valence-electron chi connectivity index (χ1n) is 6.15. The Morgan fingerprint density at radius 1 is 1.32 bits per heavy atom. The van der Waals surface area contributed by atoms with Gasteiger partial charge < -0.3 is 5.32 Å². The number of nitrogens with zero attached hydrogens (tertiary/aromatic N) is 4. The average molecular weight is 324 g/mol. The predicted octanol–water partition coefficient (Wildman–Crippen LogP) is 2.62. The highest BCUT2D eigenvalue weighted by Crippen LogP contribution is 2.22. The van der Waals surface area contributed by atoms with Gasteiger partial charge in [0.15, 0.2) is 5.82 Å². The van der Waals surface area contributed by atoms with E-state index in [4.69, 9.17) is 0 Å². The summed E-state index contributed by atoms with van der Waals surface area (Å²) in [5.74, 6) is 0.793. The number of hydrogen-bond donors (Lipinski definition) is 1. The van der Waals surface area contributed by atoms with Crippen molar-refractivity contribution in [3.8, 4) is 5.69 Å². The third kappa shape index (κ3) is 3.61. The number of halogens is 1. The van der Waals surface area contributed by atoms with Crippen molar-refractivity contribution < 1.29 is 0 Å². The number of rotatable bonds is 3. The van der Waals surface area contributed by atoms with Crippen LogP contribution in [0.1, 0.15) is 32.2 Å². The van der Waals surface area contributed by atoms with Crippen LogP contribution in [-0.2, 0) is 6.54 Å². The molecule has 0 aliphatic heterocycles. The molecular weight excluding hydrogens is 306 g/mol. The highest BCUT2D eigenvalue weighted by molar-refractivity contribution is 9.10. The molecule has 1 heterocycles. The second-order valence-electron chi connectivity index (χ2n) is 5.57. The van der Waals surface area contributed by atoms with Crippen LogP contribution >= 0.6 is 15.9 Å². The Kier molecular flexibility index (Phi) is 4.01. The van der Waals surface area contributed by atoms with Crippen molar-refractivity contribution >= 4 is 15.9 Å². The van der Waals surface area contributed by atoms with Gasteiger partial charge in [-0.3, -0.25) is 0 Å². The molecule has 19 heavy (non-hydrogen) atoms. The van der Waals surface area contributed by atoms with E-state index in [0.29, 0.717) is 6.54 Å². The van der Waals surface area contributed by atoms with Crippen LogP contribution in [0.25, 0.3) is 5.69 Å². The van der Waals surface area contributed by atoms with Crippen molar-refractivity contribution in [1.82, 2.24) is 25.5 Å². The van der Waals surface area contributed by atoms with Crippen molar-refractivity contribution in [3.63, 3.8) is 0 Å². The molecular formula is C13H18BrN5. The van der Waals surface area contributed by atoms with Crippen LogP contribution in [0, 0.1) is 6.92 Å². The number of benzene rings is 1. The third-order valence-corrected chi connectivity index (χ3v) is 3.31. The lowest BCUT2D eigenvalue weighted by molar-refractivity contribution is 0.415. The first kappa shape index (κ1) is 14.1. The normalized spacial score (nSPS) is 11.8. The molecule has 0 saturated heterocycles. The Balaban J connectivity index is 2.31. The fourth-order valence-corrected chi connectivity index (χ4v) is 2.05. The van der Waals surface area contributed by atoms with Crippen molar-refractivity contribution in [2.45, 2.75) is 39.8 Å². The van der Waals surface area contributed by atoms with Crippen LogP contribution in [0.3, 0.4) is 0 Å². The molecule has 0 atom stereocenters. The van der Waals surface area contributed by atoms with Crippen molar-refractivity contribution in [2.75, 3.05) is 0 Å². The van der Waals surface area contributed by atoms with Gasteiger partial charge in [-0.1, -0.05) is 6.07 Å². The number of aromatic nitrogens is 4. The molecule has 0 bridgehead atoms. The maximum Gasteiger partial charge on any atom is 0.170 e. The molecule has 1 aromatic carbocycles. The molecule has 1 aromatic heterocycles. The molecule has 1 N–H and O–H groups in total. The standard InChI is InChI=1S/C13H18BrN5/c1-9-5-6-10(14)11(7-9)19-12(16-17-18-19)8-15-13(2,3)4/h5-7,15H,8H2,1-4H3. The Labute approximate surface area is 121 Å². The number of nitrogens with one attached hydrogen (secondary N) is 1. The molecule has 0 spiro atoms. The summed E-state index contributed by atoms with van der Waals surface area (Å²) in [5.41, 5.74) is 2.15. The maximum absolute atomic E-state index is 4.08. The number of hydrogen-bond acceptors (Lipinski definition) is 4. The lowest BCUT2D eigenvalue weighted by Gasteiger charge is -2.20. The summed E-state index contributed by atoms with van der Waals surface area (Å²) in [4.78, 5) is 0. The average Bonchev–Trinajstić information content (AvgIpc) is 2.77. The van der Waals surface area contributed by atoms with Gasteiger partial charge in [0.05, 0.1) is 12.2 Å². The van der Waals surface area contributed by atoms with Gasteiger partial charge in [0.2, 0.25) is 0 Å². The molecule has 0 amide bonds. The SMILES string of the molecule is Cc1ccc(Br)c(-n2nnnc2CNC(C)(C)C)c1. The van der Waals surface area contributed by atoms with Crippen LogP contribution in [0.15, 0.2) is 22.7 Å². The summed E-state index contributed by atoms with van der Waals surface area (Å²) in [5, 5.41) is 15.3. The summed E-state index contributed by atoms with van der Waals surface area (Å²) in [7, 11) is 0. The molecule has 0 aliphatic rings. The molecule has 0 saturated carbocycles. The van der Waals surface area contributed by atoms with Gasteiger partial charge in [0, 0.05) is 10.0 Å². The lowest BCUT2D eigenvalue weighted by Crippen LogP contribution is -2.36. The highest BCUT2D eigenvalue weighted by atomic mass is 79.9. The Morgan fingerprint density at radius 2 is 2.05 bits per heavy atom. The summed E-state index contributed by atoms with van der Waals surface area (Å²) in [6.07, 6.45) is 0. The summed E-state index contributed by atoms with van der Waals surface area (Å²) < 4.78 is 2.73. The Bertz CT molecular complexity index is 571. The van der Waals surface area contributed by atoms with Crippen LogP contribution in [0.2, 0.25) is 0 Å². The highest BCUT2D eigenvalue weighted by Gasteiger charge is 2.14. The summed E-state index contributed by atoms with van der Waals surface area (Å²) in [6, 6.07) is 6.11. The van der Waals surface area contributed by atoms with E-state index >= 15 is 0 Å². The summed E-state index contributed by atoms with van der Waals surface area (Å²) in [6.45, 7) is 9.02. The van der Waals surface area contributed by atoms with Crippen LogP contribution in [0.4, 0.5) is 0 Å². The number of aryl methyl sites for hydroxylation is 1. The molecule has 0 aliphatic carbocycles. The molecule has 2 aromatic rings. The molecule has 6 heteroatoms. The van der Waals surface area contributed by atoms with Crippen molar-refractivity contribution in [1.29, 1.82) is 0 Å². The molecule has 102 valence electrons. The molecule has 0 unspecified atom stereocenters. The Morgan fingerprint density at radius 3 is 2.74 bits per heavy atom. The maximum atomic E-state index is 4.08. The fraction of sp³-hybridized carbons (Fsp3) is 0.462. The van der Waals surface area contributed by atoms with Gasteiger partial charge >= 0.3 is 0 Å². The van der Waals surface area contributed by atoms with Gasteiger partial charge in [-0.15, -0.1) is 5.10 Å². The number of tetrazole rings is 1. The smallest absolute Gasteiger partial charge is 0.170 e. The fourth-order valence-electron chi connectivity index (χ4n) is 1.63. The van der Waals surface area contributed by atoms with Crippen molar-refractivity contribution in [2.24, 2.45) is 0 Å². The van der Waals surface area contributed by atoms with Gasteiger partial charge in [0.1, 0.15) is 0 Å². The minimum atomic E-state index is 0.0284. The van der Waals surface area contributed by atoms with Crippen molar-refractivity contribution in [3.05, 3.63) is 34.1 Å². The predicted molar refractivity (Wildman–Crippen MR) is 78.2 cm³/mol. The van der Waals surface area contributed by atoms with E-state index in [0.717, 1.165) is 16.0 Å². The monoisotopic (exact) mass is 323 g/mol. The van der Waals surface area contributed by atoms with E-state index in [2.05, 4.69) is 63.6 Å². The minimum absolute atomic E-state index is 0.0284. The van der Waals surface area contributed by atoms with Crippen LogP contribution in [-0.4, -0.2) is 25.7 Å². The van der Waals surface area contributed by atoms with Gasteiger partial charge in [-0.05, 0) is 71.7 Å². The van der Waals surface area contributed by atoms with E-state index in [-0.39, 0.29) is 5.54 Å². The first-order valence-corrected chi connectivity index (χ1v) is 6.95. The van der Waals surface area contributed by atoms with E-state index in [1.165, 1.54) is 5.56 Å². The zero-order chi connectivity index (χ0) is 14.0. The third-order valence-electron chi connectivity index (χ3n) is 2.64. The summed E-state index contributed by atoms with van der Waals surface area (Å²) >= 11 is 3.54. The molecule has 0 radical (unpaired) electrons. The largest absolute Gasteiger partial charge is 0.305 e. The van der Waals surface area contributed by atoms with E-state index < -0.39 is 0 Å². The zero-order valence-electron chi connectivity index (χ0n) is 11.6. The second kappa shape index (κ2) is 5.38. The van der Waals surface area contributed by atoms with Crippen LogP contribution < -0.4 is 5.32 Å². The van der Waals surface area contributed by atoms with E-state index in [1.54, 1.807) is 4.68 Å². The van der Waals surface area contributed by atoms with Gasteiger partial charge in [0.25, 0.3) is 0 Å². The molecule has 2 rings (SSSR count). The quantitative estimate of drug-likeness (QED) is 0.943. The van der Waals surface area contributed by atoms with Gasteiger partial charge in [-0.2, -0.15) is 4.68 Å². The molecule has 5 nitrogen and oxygen atoms in total. The lowest BCUT2D eigenvalue weighted by atomic mass is 10.1. The van der Waals surface area contributed by atoms with E-state index in [9.17, 15) is 0 Å². The minimum Gasteiger partial charge on any atom is -0.305 e. The molecule has 0 fully saturated rings. The van der Waals surface area contributed by atoms with Gasteiger partial charge in [-0.25, -0.2) is 0 Å². The van der Waals surface area contributed by atoms with E-state index in [1.807, 2.05) is 19.1 Å². The van der Waals surface area contributed by atoms with Crippen LogP contribution in [0.5, 0.6) is 0 Å². The topological polar surface area (TPSA) is 55.6 Å². The second-order valence-corrected chi connectivity index (χ2v) is 6.42. The first-order chi connectivity index (χ1) is 8.87. The Hall–Kier alpha value is -1.27.